The van der Waals surface area contributed by atoms with Crippen molar-refractivity contribution in [2.45, 2.75) is 63.4 Å². The molecule has 1 saturated carbocycles. The predicted octanol–water partition coefficient (Wildman–Crippen LogP) is 5.80. The highest BCUT2D eigenvalue weighted by Crippen LogP contribution is 2.46. The summed E-state index contributed by atoms with van der Waals surface area (Å²) in [4.78, 5) is 36.3. The van der Waals surface area contributed by atoms with Gasteiger partial charge in [-0.1, -0.05) is 29.8 Å². The van der Waals surface area contributed by atoms with E-state index < -0.39 is 11.8 Å². The SMILES string of the molecule is CC1=NC2=C(C(=O)CC(c3ccc(Cl)cc3)C2)C(c2ccccn2)C1C(=O)OC1CCCC1. The van der Waals surface area contributed by atoms with Crippen LogP contribution in [0, 0.1) is 5.92 Å². The van der Waals surface area contributed by atoms with Crippen LogP contribution >= 0.6 is 11.6 Å². The van der Waals surface area contributed by atoms with Crippen molar-refractivity contribution in [3.8, 4) is 0 Å². The van der Waals surface area contributed by atoms with Crippen LogP contribution in [-0.2, 0) is 14.3 Å². The summed E-state index contributed by atoms with van der Waals surface area (Å²) in [6, 6.07) is 13.3. The molecule has 3 aliphatic rings. The van der Waals surface area contributed by atoms with Crippen molar-refractivity contribution in [3.63, 3.8) is 0 Å². The van der Waals surface area contributed by atoms with Gasteiger partial charge in [-0.15, -0.1) is 0 Å². The van der Waals surface area contributed by atoms with Crippen molar-refractivity contribution in [1.29, 1.82) is 0 Å². The lowest BCUT2D eigenvalue weighted by Gasteiger charge is -2.36. The Morgan fingerprint density at radius 3 is 2.52 bits per heavy atom. The fourth-order valence-electron chi connectivity index (χ4n) is 5.46. The van der Waals surface area contributed by atoms with E-state index in [1.54, 1.807) is 6.20 Å². The number of nitrogens with zero attached hydrogens (tertiary/aromatic N) is 2. The molecule has 0 bridgehead atoms. The number of halogens is 1. The van der Waals surface area contributed by atoms with Crippen molar-refractivity contribution < 1.29 is 14.3 Å². The molecule has 5 nitrogen and oxygen atoms in total. The molecule has 6 heteroatoms. The van der Waals surface area contributed by atoms with E-state index in [-0.39, 0.29) is 23.8 Å². The third-order valence-electron chi connectivity index (χ3n) is 7.08. The van der Waals surface area contributed by atoms with Gasteiger partial charge in [0.25, 0.3) is 0 Å². The van der Waals surface area contributed by atoms with Crippen molar-refractivity contribution in [2.24, 2.45) is 10.9 Å². The molecule has 170 valence electrons. The first-order valence-corrected chi connectivity index (χ1v) is 12.1. The fourth-order valence-corrected chi connectivity index (χ4v) is 5.58. The number of hydrogen-bond donors (Lipinski definition) is 0. The molecule has 5 rings (SSSR count). The number of rotatable bonds is 4. The van der Waals surface area contributed by atoms with Gasteiger partial charge in [0.15, 0.2) is 5.78 Å². The van der Waals surface area contributed by atoms with Crippen LogP contribution in [0.4, 0.5) is 0 Å². The first kappa shape index (κ1) is 22.0. The van der Waals surface area contributed by atoms with Crippen LogP contribution in [0.3, 0.4) is 0 Å². The van der Waals surface area contributed by atoms with E-state index in [1.807, 2.05) is 49.4 Å². The minimum Gasteiger partial charge on any atom is -0.462 e. The second-order valence-electron chi connectivity index (χ2n) is 9.25. The summed E-state index contributed by atoms with van der Waals surface area (Å²) in [5.74, 6) is -1.32. The zero-order valence-electron chi connectivity index (χ0n) is 18.7. The summed E-state index contributed by atoms with van der Waals surface area (Å²) in [6.45, 7) is 1.87. The van der Waals surface area contributed by atoms with Crippen LogP contribution in [0.5, 0.6) is 0 Å². The molecule has 1 fully saturated rings. The van der Waals surface area contributed by atoms with E-state index in [4.69, 9.17) is 21.3 Å². The van der Waals surface area contributed by atoms with Gasteiger partial charge in [-0.25, -0.2) is 0 Å². The summed E-state index contributed by atoms with van der Waals surface area (Å²) in [7, 11) is 0. The number of hydrogen-bond acceptors (Lipinski definition) is 5. The molecule has 3 atom stereocenters. The number of esters is 1. The molecule has 33 heavy (non-hydrogen) atoms. The molecule has 1 aromatic heterocycles. The highest BCUT2D eigenvalue weighted by molar-refractivity contribution is 6.30. The first-order valence-electron chi connectivity index (χ1n) is 11.7. The van der Waals surface area contributed by atoms with Crippen LogP contribution in [0.15, 0.2) is 64.9 Å². The number of pyridine rings is 1. The van der Waals surface area contributed by atoms with Crippen molar-refractivity contribution in [1.82, 2.24) is 4.98 Å². The molecular weight excluding hydrogens is 436 g/mol. The zero-order chi connectivity index (χ0) is 22.9. The largest absolute Gasteiger partial charge is 0.462 e. The lowest BCUT2D eigenvalue weighted by molar-refractivity contribution is -0.151. The van der Waals surface area contributed by atoms with Gasteiger partial charge < -0.3 is 4.74 Å². The van der Waals surface area contributed by atoms with Crippen LogP contribution < -0.4 is 0 Å². The van der Waals surface area contributed by atoms with E-state index in [1.165, 1.54) is 0 Å². The average molecular weight is 463 g/mol. The summed E-state index contributed by atoms with van der Waals surface area (Å²) in [5, 5.41) is 0.672. The van der Waals surface area contributed by atoms with E-state index in [9.17, 15) is 9.59 Å². The summed E-state index contributed by atoms with van der Waals surface area (Å²) >= 11 is 6.05. The van der Waals surface area contributed by atoms with Gasteiger partial charge in [0.1, 0.15) is 12.0 Å². The monoisotopic (exact) mass is 462 g/mol. The second kappa shape index (κ2) is 9.22. The van der Waals surface area contributed by atoms with Crippen molar-refractivity contribution in [3.05, 3.63) is 76.2 Å². The van der Waals surface area contributed by atoms with E-state index >= 15 is 0 Å². The maximum Gasteiger partial charge on any atom is 0.315 e. The van der Waals surface area contributed by atoms with Crippen LogP contribution in [-0.4, -0.2) is 28.6 Å². The number of aromatic nitrogens is 1. The normalized spacial score (nSPS) is 25.6. The Bertz CT molecular complexity index is 1120. The number of ether oxygens (including phenoxy) is 1. The Morgan fingerprint density at radius 2 is 1.82 bits per heavy atom. The van der Waals surface area contributed by atoms with Crippen LogP contribution in [0.1, 0.15) is 68.5 Å². The quantitative estimate of drug-likeness (QED) is 0.539. The molecule has 3 unspecified atom stereocenters. The molecule has 2 aliphatic carbocycles. The molecular formula is C27H27ClN2O3. The predicted molar refractivity (Wildman–Crippen MR) is 127 cm³/mol. The maximum atomic E-state index is 13.5. The maximum absolute atomic E-state index is 13.5. The Balaban J connectivity index is 1.52. The smallest absolute Gasteiger partial charge is 0.315 e. The summed E-state index contributed by atoms with van der Waals surface area (Å²) < 4.78 is 5.90. The number of carbonyl (C=O) groups is 2. The van der Waals surface area contributed by atoms with Gasteiger partial charge in [0, 0.05) is 40.3 Å². The van der Waals surface area contributed by atoms with E-state index in [2.05, 4.69) is 4.98 Å². The lowest BCUT2D eigenvalue weighted by Crippen LogP contribution is -2.39. The fraction of sp³-hybridized carbons (Fsp3) is 0.407. The number of aliphatic imine (C=N–C) groups is 1. The minimum absolute atomic E-state index is 0.0294. The Labute approximate surface area is 198 Å². The summed E-state index contributed by atoms with van der Waals surface area (Å²) in [5.41, 5.74) is 3.87. The van der Waals surface area contributed by atoms with Gasteiger partial charge in [-0.3, -0.25) is 19.6 Å². The Morgan fingerprint density at radius 1 is 1.06 bits per heavy atom. The van der Waals surface area contributed by atoms with Crippen molar-refractivity contribution >= 4 is 29.1 Å². The number of carbonyl (C=O) groups excluding carboxylic acids is 2. The van der Waals surface area contributed by atoms with Crippen LogP contribution in [0.25, 0.3) is 0 Å². The van der Waals surface area contributed by atoms with Crippen molar-refractivity contribution in [2.75, 3.05) is 0 Å². The topological polar surface area (TPSA) is 68.6 Å². The first-order chi connectivity index (χ1) is 16.0. The van der Waals surface area contributed by atoms with Crippen LogP contribution in [0.2, 0.25) is 5.02 Å². The highest BCUT2D eigenvalue weighted by Gasteiger charge is 2.45. The molecule has 0 N–H and O–H groups in total. The van der Waals surface area contributed by atoms with Gasteiger partial charge in [-0.2, -0.15) is 0 Å². The molecule has 0 radical (unpaired) electrons. The van der Waals surface area contributed by atoms with Gasteiger partial charge >= 0.3 is 5.97 Å². The molecule has 2 heterocycles. The molecule has 0 spiro atoms. The third-order valence-corrected chi connectivity index (χ3v) is 7.33. The average Bonchev–Trinajstić information content (AvgIpc) is 3.32. The van der Waals surface area contributed by atoms with E-state index in [0.29, 0.717) is 34.8 Å². The highest BCUT2D eigenvalue weighted by atomic mass is 35.5. The van der Waals surface area contributed by atoms with Gasteiger partial charge in [0.2, 0.25) is 0 Å². The molecule has 2 aromatic rings. The molecule has 0 amide bonds. The third kappa shape index (κ3) is 4.39. The molecule has 1 aromatic carbocycles. The zero-order valence-corrected chi connectivity index (χ0v) is 19.4. The lowest BCUT2D eigenvalue weighted by atomic mass is 9.70. The molecule has 1 aliphatic heterocycles. The van der Waals surface area contributed by atoms with Gasteiger partial charge in [-0.05, 0) is 74.8 Å². The number of ketones is 1. The standard InChI is InChI=1S/C27H27ClN2O3/c1-16-24(27(32)33-20-6-2-3-7-20)26(21-8-4-5-13-29-21)25-22(30-16)14-18(15-23(25)31)17-9-11-19(28)12-10-17/h4-5,8-13,18,20,24,26H,2-3,6-7,14-15H2,1H3. The number of allylic oxidation sites excluding steroid dienone is 2. The second-order valence-corrected chi connectivity index (χ2v) is 9.68. The Hall–Kier alpha value is -2.79. The summed E-state index contributed by atoms with van der Waals surface area (Å²) in [6.07, 6.45) is 6.66. The Kier molecular flexibility index (Phi) is 6.15. The number of Topliss-reactive ketones (excluding diaryl/α,β-unsaturated/α-hetero) is 1. The van der Waals surface area contributed by atoms with E-state index in [0.717, 1.165) is 36.9 Å². The number of benzene rings is 1. The minimum atomic E-state index is -0.629. The molecule has 0 saturated heterocycles. The van der Waals surface area contributed by atoms with Gasteiger partial charge in [0.05, 0.1) is 5.92 Å².